The van der Waals surface area contributed by atoms with Crippen molar-refractivity contribution in [3.8, 4) is 5.69 Å². The molecule has 1 aromatic heterocycles. The Balaban J connectivity index is 2.22. The van der Waals surface area contributed by atoms with Crippen molar-refractivity contribution < 1.29 is 9.90 Å². The fourth-order valence-electron chi connectivity index (χ4n) is 2.53. The molecule has 0 spiro atoms. The zero-order chi connectivity index (χ0) is 17.7. The fraction of sp³-hybridized carbons (Fsp3) is 0.444. The molecule has 0 aliphatic carbocycles. The predicted octanol–water partition coefficient (Wildman–Crippen LogP) is 3.54. The molecule has 1 atom stereocenters. The van der Waals surface area contributed by atoms with Gasteiger partial charge in [-0.3, -0.25) is 4.79 Å². The Bertz CT molecular complexity index is 680. The minimum Gasteiger partial charge on any atom is -0.393 e. The van der Waals surface area contributed by atoms with Crippen LogP contribution in [0.25, 0.3) is 5.69 Å². The predicted molar refractivity (Wildman–Crippen MR) is 95.9 cm³/mol. The van der Waals surface area contributed by atoms with E-state index >= 15 is 0 Å². The molecule has 1 amide bonds. The van der Waals surface area contributed by atoms with Gasteiger partial charge in [-0.1, -0.05) is 32.4 Å². The number of carbonyl (C=O) groups excluding carboxylic acids is 1. The average Bonchev–Trinajstić information content (AvgIpc) is 3.00. The van der Waals surface area contributed by atoms with Crippen molar-refractivity contribution >= 4 is 17.5 Å². The van der Waals surface area contributed by atoms with E-state index in [0.717, 1.165) is 11.4 Å². The lowest BCUT2D eigenvalue weighted by molar-refractivity contribution is 0.0940. The minimum atomic E-state index is -0.383. The molecule has 130 valence electrons. The lowest BCUT2D eigenvalue weighted by Crippen LogP contribution is -2.27. The van der Waals surface area contributed by atoms with Crippen LogP contribution in [0.1, 0.15) is 55.6 Å². The van der Waals surface area contributed by atoms with Crippen molar-refractivity contribution in [2.75, 3.05) is 6.54 Å². The summed E-state index contributed by atoms with van der Waals surface area (Å²) < 4.78 is 1.77. The van der Waals surface area contributed by atoms with Gasteiger partial charge in [0.2, 0.25) is 0 Å². The zero-order valence-electron chi connectivity index (χ0n) is 14.3. The molecule has 2 aromatic rings. The SMILES string of the molecule is CCC(O)CCNC(=O)c1cnn(-c2ccc(Cl)cc2)c1C(C)C. The van der Waals surface area contributed by atoms with Crippen molar-refractivity contribution in [3.05, 3.63) is 46.7 Å². The van der Waals surface area contributed by atoms with Crippen LogP contribution in [0.4, 0.5) is 0 Å². The number of rotatable bonds is 7. The van der Waals surface area contributed by atoms with E-state index in [-0.39, 0.29) is 17.9 Å². The van der Waals surface area contributed by atoms with Crippen LogP contribution in [0, 0.1) is 0 Å². The summed E-state index contributed by atoms with van der Waals surface area (Å²) in [7, 11) is 0. The van der Waals surface area contributed by atoms with Crippen LogP contribution in [0.2, 0.25) is 5.02 Å². The summed E-state index contributed by atoms with van der Waals surface area (Å²) in [5.74, 6) is -0.0348. The number of carbonyl (C=O) groups is 1. The third-order valence-corrected chi connectivity index (χ3v) is 4.16. The quantitative estimate of drug-likeness (QED) is 0.803. The van der Waals surface area contributed by atoms with Gasteiger partial charge in [-0.2, -0.15) is 5.10 Å². The van der Waals surface area contributed by atoms with Gasteiger partial charge in [-0.05, 0) is 43.0 Å². The van der Waals surface area contributed by atoms with Crippen molar-refractivity contribution in [2.24, 2.45) is 0 Å². The normalized spacial score (nSPS) is 12.4. The zero-order valence-corrected chi connectivity index (χ0v) is 15.0. The number of benzene rings is 1. The van der Waals surface area contributed by atoms with Crippen molar-refractivity contribution in [1.82, 2.24) is 15.1 Å². The summed E-state index contributed by atoms with van der Waals surface area (Å²) in [5, 5.41) is 17.5. The van der Waals surface area contributed by atoms with Gasteiger partial charge in [-0.25, -0.2) is 4.68 Å². The van der Waals surface area contributed by atoms with E-state index in [2.05, 4.69) is 10.4 Å². The van der Waals surface area contributed by atoms with Gasteiger partial charge in [0.05, 0.1) is 29.2 Å². The molecule has 0 saturated carbocycles. The molecule has 5 nitrogen and oxygen atoms in total. The number of aliphatic hydroxyl groups excluding tert-OH is 1. The number of nitrogens with zero attached hydrogens (tertiary/aromatic N) is 2. The molecule has 1 aromatic carbocycles. The summed E-state index contributed by atoms with van der Waals surface area (Å²) >= 11 is 5.94. The summed E-state index contributed by atoms with van der Waals surface area (Å²) in [6.07, 6.45) is 2.44. The highest BCUT2D eigenvalue weighted by Gasteiger charge is 2.20. The second kappa shape index (κ2) is 8.31. The molecule has 0 aliphatic rings. The third kappa shape index (κ3) is 4.36. The number of nitrogens with one attached hydrogen (secondary N) is 1. The van der Waals surface area contributed by atoms with E-state index in [4.69, 9.17) is 11.6 Å². The van der Waals surface area contributed by atoms with Crippen molar-refractivity contribution in [3.63, 3.8) is 0 Å². The first-order valence-electron chi connectivity index (χ1n) is 8.24. The molecule has 1 heterocycles. The minimum absolute atomic E-state index is 0.130. The highest BCUT2D eigenvalue weighted by molar-refractivity contribution is 6.30. The summed E-state index contributed by atoms with van der Waals surface area (Å²) in [5.41, 5.74) is 2.28. The van der Waals surface area contributed by atoms with E-state index in [1.807, 2.05) is 32.9 Å². The number of aliphatic hydroxyl groups is 1. The van der Waals surface area contributed by atoms with E-state index < -0.39 is 0 Å². The highest BCUT2D eigenvalue weighted by Crippen LogP contribution is 2.24. The molecule has 2 rings (SSSR count). The van der Waals surface area contributed by atoms with E-state index in [0.29, 0.717) is 30.0 Å². The van der Waals surface area contributed by atoms with Gasteiger partial charge < -0.3 is 10.4 Å². The standard InChI is InChI=1S/C18H24ClN3O2/c1-4-15(23)9-10-20-18(24)16-11-21-22(17(16)12(2)3)14-7-5-13(19)6-8-14/h5-8,11-12,15,23H,4,9-10H2,1-3H3,(H,20,24). The van der Waals surface area contributed by atoms with Crippen molar-refractivity contribution in [1.29, 1.82) is 0 Å². The van der Waals surface area contributed by atoms with Gasteiger partial charge in [0.25, 0.3) is 5.91 Å². The van der Waals surface area contributed by atoms with Gasteiger partial charge in [0, 0.05) is 11.6 Å². The van der Waals surface area contributed by atoms with Gasteiger partial charge >= 0.3 is 0 Å². The number of hydrogen-bond acceptors (Lipinski definition) is 3. The van der Waals surface area contributed by atoms with E-state index in [9.17, 15) is 9.90 Å². The first-order valence-corrected chi connectivity index (χ1v) is 8.62. The summed E-state index contributed by atoms with van der Waals surface area (Å²) in [4.78, 5) is 12.5. The molecule has 0 bridgehead atoms. The second-order valence-electron chi connectivity index (χ2n) is 6.09. The first kappa shape index (κ1) is 18.5. The Labute approximate surface area is 147 Å². The molecule has 0 radical (unpaired) electrons. The maximum absolute atomic E-state index is 12.5. The molecule has 0 saturated heterocycles. The van der Waals surface area contributed by atoms with Crippen LogP contribution in [-0.2, 0) is 0 Å². The molecule has 24 heavy (non-hydrogen) atoms. The van der Waals surface area contributed by atoms with Crippen LogP contribution < -0.4 is 5.32 Å². The Kier molecular flexibility index (Phi) is 6.40. The maximum Gasteiger partial charge on any atom is 0.254 e. The van der Waals surface area contributed by atoms with Gasteiger partial charge in [0.1, 0.15) is 0 Å². The lowest BCUT2D eigenvalue weighted by atomic mass is 10.0. The fourth-order valence-corrected chi connectivity index (χ4v) is 2.65. The summed E-state index contributed by atoms with van der Waals surface area (Å²) in [6.45, 7) is 6.42. The average molecular weight is 350 g/mol. The van der Waals surface area contributed by atoms with Crippen molar-refractivity contribution in [2.45, 2.75) is 45.6 Å². The largest absolute Gasteiger partial charge is 0.393 e. The molecule has 1 unspecified atom stereocenters. The van der Waals surface area contributed by atoms with E-state index in [1.165, 1.54) is 0 Å². The van der Waals surface area contributed by atoms with Gasteiger partial charge in [-0.15, -0.1) is 0 Å². The number of amides is 1. The Hall–Kier alpha value is -1.85. The number of aromatic nitrogens is 2. The molecule has 0 aliphatic heterocycles. The van der Waals surface area contributed by atoms with Crippen LogP contribution >= 0.6 is 11.6 Å². The smallest absolute Gasteiger partial charge is 0.254 e. The topological polar surface area (TPSA) is 67.2 Å². The van der Waals surface area contributed by atoms with Crippen LogP contribution in [0.5, 0.6) is 0 Å². The first-order chi connectivity index (χ1) is 11.4. The second-order valence-corrected chi connectivity index (χ2v) is 6.53. The van der Waals surface area contributed by atoms with Crippen LogP contribution in [0.15, 0.2) is 30.5 Å². The highest BCUT2D eigenvalue weighted by atomic mass is 35.5. The monoisotopic (exact) mass is 349 g/mol. The molecule has 0 fully saturated rings. The Morgan fingerprint density at radius 2 is 2.00 bits per heavy atom. The van der Waals surface area contributed by atoms with Crippen LogP contribution in [0.3, 0.4) is 0 Å². The Morgan fingerprint density at radius 3 is 2.58 bits per heavy atom. The molecule has 2 N–H and O–H groups in total. The summed E-state index contributed by atoms with van der Waals surface area (Å²) in [6, 6.07) is 7.35. The number of halogens is 1. The van der Waals surface area contributed by atoms with Crippen LogP contribution in [-0.4, -0.2) is 33.4 Å². The van der Waals surface area contributed by atoms with E-state index in [1.54, 1.807) is 23.0 Å². The van der Waals surface area contributed by atoms with Gasteiger partial charge in [0.15, 0.2) is 0 Å². The maximum atomic E-state index is 12.5. The molecular weight excluding hydrogens is 326 g/mol. The Morgan fingerprint density at radius 1 is 1.33 bits per heavy atom. The lowest BCUT2D eigenvalue weighted by Gasteiger charge is -2.13. The third-order valence-electron chi connectivity index (χ3n) is 3.90. The number of hydrogen-bond donors (Lipinski definition) is 2. The molecule has 6 heteroatoms. The molecular formula is C18H24ClN3O2.